The van der Waals surface area contributed by atoms with E-state index in [9.17, 15) is 4.79 Å². The number of nitrogens with two attached hydrogens (primary N) is 2. The van der Waals surface area contributed by atoms with Crippen LogP contribution in [0.2, 0.25) is 10.0 Å². The molecule has 6 heteroatoms. The van der Waals surface area contributed by atoms with Crippen LogP contribution >= 0.6 is 35.6 Å². The second-order valence-electron chi connectivity index (χ2n) is 7.32. The lowest BCUT2D eigenvalue weighted by Crippen LogP contribution is -2.46. The maximum Gasteiger partial charge on any atom is 0.228 e. The molecule has 3 nitrogen and oxygen atoms in total. The summed E-state index contributed by atoms with van der Waals surface area (Å²) in [5.74, 6) is -0.217. The van der Waals surface area contributed by atoms with Gasteiger partial charge < -0.3 is 11.5 Å². The summed E-state index contributed by atoms with van der Waals surface area (Å²) in [6.07, 6.45) is 6.27. The van der Waals surface area contributed by atoms with Gasteiger partial charge in [0.1, 0.15) is 0 Å². The Kier molecular flexibility index (Phi) is 7.20. The van der Waals surface area contributed by atoms with E-state index in [-0.39, 0.29) is 23.9 Å². The summed E-state index contributed by atoms with van der Waals surface area (Å²) in [5, 5.41) is 1.47. The van der Waals surface area contributed by atoms with Crippen LogP contribution in [-0.2, 0) is 15.7 Å². The number of amides is 1. The summed E-state index contributed by atoms with van der Waals surface area (Å²) < 4.78 is 0. The van der Waals surface area contributed by atoms with Gasteiger partial charge in [0, 0.05) is 15.6 Å². The Morgan fingerprint density at radius 1 is 0.778 bits per heavy atom. The van der Waals surface area contributed by atoms with Crippen molar-refractivity contribution >= 4 is 41.5 Å². The third-order valence-electron chi connectivity index (χ3n) is 5.74. The summed E-state index contributed by atoms with van der Waals surface area (Å²) in [5.41, 5.74) is 13.3. The van der Waals surface area contributed by atoms with Crippen LogP contribution in [-0.4, -0.2) is 5.91 Å². The molecule has 2 aromatic rings. The first-order valence-corrected chi connectivity index (χ1v) is 9.72. The average Bonchev–Trinajstić information content (AvgIpc) is 2.54. The van der Waals surface area contributed by atoms with Gasteiger partial charge in [-0.15, -0.1) is 12.4 Å². The lowest BCUT2D eigenvalue weighted by molar-refractivity contribution is -0.126. The first-order valence-electron chi connectivity index (χ1n) is 8.97. The zero-order chi connectivity index (χ0) is 18.8. The molecule has 1 amide bonds. The van der Waals surface area contributed by atoms with E-state index >= 15 is 0 Å². The van der Waals surface area contributed by atoms with Gasteiger partial charge in [-0.05, 0) is 67.5 Å². The number of carbonyl (C=O) groups is 1. The molecule has 0 unspecified atom stereocenters. The molecule has 0 heterocycles. The molecule has 4 rings (SSSR count). The topological polar surface area (TPSA) is 69.1 Å². The van der Waals surface area contributed by atoms with Crippen LogP contribution in [0.25, 0.3) is 0 Å². The molecule has 2 fully saturated rings. The van der Waals surface area contributed by atoms with Gasteiger partial charge in [0.05, 0.1) is 5.41 Å². The molecule has 0 aromatic heterocycles. The molecule has 2 aromatic carbocycles. The summed E-state index contributed by atoms with van der Waals surface area (Å²) in [6, 6.07) is 15.3. The van der Waals surface area contributed by atoms with E-state index in [0.717, 1.165) is 42.7 Å². The van der Waals surface area contributed by atoms with Gasteiger partial charge >= 0.3 is 0 Å². The van der Waals surface area contributed by atoms with Crippen LogP contribution in [0.1, 0.15) is 49.7 Å². The quantitative estimate of drug-likeness (QED) is 0.693. The Balaban J connectivity index is 0.000000189. The molecule has 4 N–H and O–H groups in total. The first-order chi connectivity index (χ1) is 12.4. The predicted octanol–water partition coefficient (Wildman–Crippen LogP) is 5.35. The van der Waals surface area contributed by atoms with E-state index in [4.69, 9.17) is 34.7 Å². The number of benzene rings is 2. The van der Waals surface area contributed by atoms with Gasteiger partial charge in [-0.2, -0.15) is 0 Å². The largest absolute Gasteiger partial charge is 0.369 e. The summed E-state index contributed by atoms with van der Waals surface area (Å²) >= 11 is 11.6. The standard InChI is InChI=1S/C11H12ClNO.C10H12ClN.ClH/c12-9-4-2-8(3-5-9)11(10(13)14)6-1-7-11;11-9-4-2-8(3-5-9)10(12)6-1-7-10;/h2-5H,1,6-7H2,(H2,13,14);2-5H,1,6-7,12H2;1H. The minimum atomic E-state index is -0.412. The monoisotopic (exact) mass is 426 g/mol. The van der Waals surface area contributed by atoms with Gasteiger partial charge in [0.25, 0.3) is 0 Å². The van der Waals surface area contributed by atoms with Gasteiger partial charge in [0.15, 0.2) is 0 Å². The summed E-state index contributed by atoms with van der Waals surface area (Å²) in [6.45, 7) is 0. The van der Waals surface area contributed by atoms with Gasteiger partial charge in [-0.1, -0.05) is 53.9 Å². The van der Waals surface area contributed by atoms with Crippen molar-refractivity contribution in [2.24, 2.45) is 11.5 Å². The molecule has 27 heavy (non-hydrogen) atoms. The van der Waals surface area contributed by atoms with Crippen molar-refractivity contribution in [2.75, 3.05) is 0 Å². The Bertz CT molecular complexity index is 767. The number of hydrogen-bond donors (Lipinski definition) is 2. The van der Waals surface area contributed by atoms with E-state index < -0.39 is 5.41 Å². The fourth-order valence-electron chi connectivity index (χ4n) is 3.60. The van der Waals surface area contributed by atoms with Crippen LogP contribution in [0.5, 0.6) is 0 Å². The zero-order valence-corrected chi connectivity index (χ0v) is 17.4. The Morgan fingerprint density at radius 2 is 1.19 bits per heavy atom. The van der Waals surface area contributed by atoms with Crippen LogP contribution in [0, 0.1) is 0 Å². The van der Waals surface area contributed by atoms with Crippen LogP contribution < -0.4 is 11.5 Å². The normalized spacial score (nSPS) is 18.6. The Hall–Kier alpha value is -1.26. The molecule has 0 atom stereocenters. The fourth-order valence-corrected chi connectivity index (χ4v) is 3.86. The number of halogens is 3. The molecular weight excluding hydrogens is 403 g/mol. The number of rotatable bonds is 3. The maximum atomic E-state index is 11.4. The maximum absolute atomic E-state index is 11.4. The number of carbonyl (C=O) groups excluding carboxylic acids is 1. The van der Waals surface area contributed by atoms with Crippen molar-refractivity contribution in [3.05, 3.63) is 69.7 Å². The van der Waals surface area contributed by atoms with E-state index in [2.05, 4.69) is 0 Å². The van der Waals surface area contributed by atoms with Gasteiger partial charge in [-0.3, -0.25) is 4.79 Å². The van der Waals surface area contributed by atoms with Crippen molar-refractivity contribution in [1.29, 1.82) is 0 Å². The lowest BCUT2D eigenvalue weighted by atomic mass is 9.64. The third kappa shape index (κ3) is 4.60. The minimum absolute atomic E-state index is 0. The molecule has 0 spiro atoms. The molecule has 2 saturated carbocycles. The molecule has 2 aliphatic rings. The SMILES string of the molecule is Cl.NC(=O)C1(c2ccc(Cl)cc2)CCC1.NC1(c2ccc(Cl)cc2)CCC1. The minimum Gasteiger partial charge on any atom is -0.369 e. The summed E-state index contributed by atoms with van der Waals surface area (Å²) in [4.78, 5) is 11.4. The van der Waals surface area contributed by atoms with E-state index in [1.54, 1.807) is 12.1 Å². The smallest absolute Gasteiger partial charge is 0.228 e. The van der Waals surface area contributed by atoms with Crippen LogP contribution in [0.3, 0.4) is 0 Å². The molecule has 2 aliphatic carbocycles. The highest BCUT2D eigenvalue weighted by molar-refractivity contribution is 6.30. The number of primary amides is 1. The lowest BCUT2D eigenvalue weighted by Gasteiger charge is -2.39. The Labute approximate surface area is 176 Å². The second kappa shape index (κ2) is 8.83. The predicted molar refractivity (Wildman–Crippen MR) is 115 cm³/mol. The number of hydrogen-bond acceptors (Lipinski definition) is 2. The molecule has 146 valence electrons. The molecule has 0 bridgehead atoms. The fraction of sp³-hybridized carbons (Fsp3) is 0.381. The first kappa shape index (κ1) is 22.0. The second-order valence-corrected chi connectivity index (χ2v) is 8.20. The molecule has 0 aliphatic heterocycles. The Morgan fingerprint density at radius 3 is 1.48 bits per heavy atom. The van der Waals surface area contributed by atoms with Crippen molar-refractivity contribution in [2.45, 2.75) is 49.5 Å². The third-order valence-corrected chi connectivity index (χ3v) is 6.24. The van der Waals surface area contributed by atoms with Crippen molar-refractivity contribution in [3.8, 4) is 0 Å². The highest BCUT2D eigenvalue weighted by Crippen LogP contribution is 2.43. The molecular formula is C21H25Cl3N2O. The molecule has 0 saturated heterocycles. The van der Waals surface area contributed by atoms with E-state index in [1.807, 2.05) is 36.4 Å². The summed E-state index contributed by atoms with van der Waals surface area (Å²) in [7, 11) is 0. The highest BCUT2D eigenvalue weighted by atomic mass is 35.5. The average molecular weight is 428 g/mol. The van der Waals surface area contributed by atoms with Gasteiger partial charge in [-0.25, -0.2) is 0 Å². The van der Waals surface area contributed by atoms with Gasteiger partial charge in [0.2, 0.25) is 5.91 Å². The van der Waals surface area contributed by atoms with Crippen molar-refractivity contribution in [1.82, 2.24) is 0 Å². The van der Waals surface area contributed by atoms with Crippen molar-refractivity contribution < 1.29 is 4.79 Å². The van der Waals surface area contributed by atoms with Crippen LogP contribution in [0.4, 0.5) is 0 Å². The van der Waals surface area contributed by atoms with E-state index in [0.29, 0.717) is 5.02 Å². The van der Waals surface area contributed by atoms with Crippen molar-refractivity contribution in [3.63, 3.8) is 0 Å². The van der Waals surface area contributed by atoms with Crippen LogP contribution in [0.15, 0.2) is 48.5 Å². The zero-order valence-electron chi connectivity index (χ0n) is 15.1. The highest BCUT2D eigenvalue weighted by Gasteiger charge is 2.44. The van der Waals surface area contributed by atoms with E-state index in [1.165, 1.54) is 12.0 Å². The molecule has 0 radical (unpaired) electrons.